The van der Waals surface area contributed by atoms with E-state index in [9.17, 15) is 9.59 Å². The Labute approximate surface area is 115 Å². The van der Waals surface area contributed by atoms with E-state index in [-0.39, 0.29) is 12.8 Å². The van der Waals surface area contributed by atoms with Crippen LogP contribution in [0.1, 0.15) is 65.2 Å². The molecule has 0 aliphatic heterocycles. The molecule has 5 nitrogen and oxygen atoms in total. The molecule has 5 heteroatoms. The Kier molecular flexibility index (Phi) is 15.9. The first kappa shape index (κ1) is 20.2. The van der Waals surface area contributed by atoms with Gasteiger partial charge in [-0.3, -0.25) is 9.59 Å². The van der Waals surface area contributed by atoms with Crippen molar-refractivity contribution in [1.82, 2.24) is 0 Å². The molecule has 0 bridgehead atoms. The summed E-state index contributed by atoms with van der Waals surface area (Å²) in [6, 6.07) is 0. The molecule has 0 aromatic heterocycles. The minimum absolute atomic E-state index is 0.0628. The average molecular weight is 276 g/mol. The summed E-state index contributed by atoms with van der Waals surface area (Å²) < 4.78 is 0. The van der Waals surface area contributed by atoms with Crippen molar-refractivity contribution in [3.05, 3.63) is 0 Å². The Balaban J connectivity index is 0. The van der Waals surface area contributed by atoms with E-state index in [1.165, 1.54) is 19.3 Å². The number of hydrogen-bond acceptors (Lipinski definition) is 3. The summed E-state index contributed by atoms with van der Waals surface area (Å²) >= 11 is 0. The lowest BCUT2D eigenvalue weighted by Gasteiger charge is -2.01. The lowest BCUT2D eigenvalue weighted by molar-refractivity contribution is -0.139. The van der Waals surface area contributed by atoms with Crippen LogP contribution in [-0.2, 0) is 9.59 Å². The number of carboxylic acid groups (broad SMARTS) is 2. The van der Waals surface area contributed by atoms with Crippen LogP contribution in [0.25, 0.3) is 0 Å². The molecule has 0 heterocycles. The lowest BCUT2D eigenvalue weighted by Crippen LogP contribution is -1.97. The molecule has 0 spiro atoms. The van der Waals surface area contributed by atoms with Crippen LogP contribution in [0.2, 0.25) is 0 Å². The van der Waals surface area contributed by atoms with Crippen molar-refractivity contribution in [2.24, 2.45) is 5.92 Å². The largest absolute Gasteiger partial charge is 0.481 e. The minimum atomic E-state index is -0.870. The number of carbonyl (C=O) groups is 2. The topological polar surface area (TPSA) is 94.8 Å². The van der Waals surface area contributed by atoms with Gasteiger partial charge in [-0.05, 0) is 25.2 Å². The van der Waals surface area contributed by atoms with Crippen molar-refractivity contribution in [1.29, 1.82) is 0 Å². The Hall–Kier alpha value is -1.10. The van der Waals surface area contributed by atoms with Crippen LogP contribution in [0.4, 0.5) is 0 Å². The molecule has 0 aromatic rings. The Bertz CT molecular complexity index is 210. The highest BCUT2D eigenvalue weighted by molar-refractivity contribution is 5.67. The molecule has 0 aliphatic carbocycles. The number of carboxylic acids is 2. The molecule has 3 N–H and O–H groups in total. The zero-order chi connectivity index (χ0) is 15.1. The number of rotatable bonds is 10. The van der Waals surface area contributed by atoms with Crippen LogP contribution < -0.4 is 0 Å². The van der Waals surface area contributed by atoms with Gasteiger partial charge in [-0.1, -0.05) is 33.1 Å². The van der Waals surface area contributed by atoms with E-state index in [0.29, 0.717) is 19.4 Å². The van der Waals surface area contributed by atoms with Crippen molar-refractivity contribution >= 4 is 11.9 Å². The molecular formula is C14H28O5. The first-order valence-electron chi connectivity index (χ1n) is 6.94. The number of unbranched alkanes of at least 4 members (excludes halogenated alkanes) is 3. The van der Waals surface area contributed by atoms with E-state index in [2.05, 4.69) is 13.8 Å². The number of aliphatic hydroxyl groups excluding tert-OH is 1. The van der Waals surface area contributed by atoms with Gasteiger partial charge in [-0.2, -0.15) is 0 Å². The maximum absolute atomic E-state index is 9.90. The molecule has 0 aliphatic rings. The zero-order valence-electron chi connectivity index (χ0n) is 12.1. The van der Waals surface area contributed by atoms with Crippen LogP contribution in [0, 0.1) is 5.92 Å². The Morgan fingerprint density at radius 3 is 1.63 bits per heavy atom. The fourth-order valence-electron chi connectivity index (χ4n) is 1.39. The van der Waals surface area contributed by atoms with Gasteiger partial charge in [0.15, 0.2) is 0 Å². The first-order chi connectivity index (χ1) is 8.90. The van der Waals surface area contributed by atoms with Gasteiger partial charge in [0, 0.05) is 19.4 Å². The molecule has 19 heavy (non-hydrogen) atoms. The van der Waals surface area contributed by atoms with Gasteiger partial charge in [0.05, 0.1) is 0 Å². The zero-order valence-corrected chi connectivity index (χ0v) is 12.1. The highest BCUT2D eigenvalue weighted by atomic mass is 16.4. The third kappa shape index (κ3) is 26.5. The standard InChI is InChI=1S/C8H18O.C6H10O4/c1-8(2)6-4-3-5-7-9;7-5(8)3-1-2-4-6(9)10/h8-9H,3-7H2,1-2H3;1-4H2,(H,7,8)(H,9,10). The maximum atomic E-state index is 9.90. The molecule has 0 atom stereocenters. The summed E-state index contributed by atoms with van der Waals surface area (Å²) in [5.74, 6) is -0.917. The molecule has 0 fully saturated rings. The molecule has 0 aromatic carbocycles. The van der Waals surface area contributed by atoms with E-state index in [4.69, 9.17) is 15.3 Å². The van der Waals surface area contributed by atoms with Gasteiger partial charge >= 0.3 is 11.9 Å². The number of aliphatic hydroxyl groups is 1. The van der Waals surface area contributed by atoms with Gasteiger partial charge in [0.1, 0.15) is 0 Å². The highest BCUT2D eigenvalue weighted by Crippen LogP contribution is 2.07. The second-order valence-electron chi connectivity index (χ2n) is 4.96. The third-order valence-electron chi connectivity index (χ3n) is 2.47. The maximum Gasteiger partial charge on any atom is 0.303 e. The summed E-state index contributed by atoms with van der Waals surface area (Å²) in [4.78, 5) is 19.8. The smallest absolute Gasteiger partial charge is 0.303 e. The summed E-state index contributed by atoms with van der Waals surface area (Å²) in [6.45, 7) is 4.83. The van der Waals surface area contributed by atoms with Gasteiger partial charge in [0.2, 0.25) is 0 Å². The summed E-state index contributed by atoms with van der Waals surface area (Å²) in [5, 5.41) is 24.7. The summed E-state index contributed by atoms with van der Waals surface area (Å²) in [7, 11) is 0. The SMILES string of the molecule is CC(C)CCCCCO.O=C(O)CCCCC(=O)O. The molecule has 0 unspecified atom stereocenters. The van der Waals surface area contributed by atoms with Crippen LogP contribution in [0.3, 0.4) is 0 Å². The molecule has 114 valence electrons. The summed E-state index contributed by atoms with van der Waals surface area (Å²) in [5.41, 5.74) is 0. The lowest BCUT2D eigenvalue weighted by atomic mass is 10.1. The fraction of sp³-hybridized carbons (Fsp3) is 0.857. The second-order valence-corrected chi connectivity index (χ2v) is 4.96. The van der Waals surface area contributed by atoms with Crippen LogP contribution in [0.5, 0.6) is 0 Å². The van der Waals surface area contributed by atoms with E-state index < -0.39 is 11.9 Å². The van der Waals surface area contributed by atoms with E-state index in [0.717, 1.165) is 12.3 Å². The molecule has 0 saturated heterocycles. The predicted octanol–water partition coefficient (Wildman–Crippen LogP) is 2.91. The van der Waals surface area contributed by atoms with Crippen molar-refractivity contribution < 1.29 is 24.9 Å². The number of hydrogen-bond donors (Lipinski definition) is 3. The normalized spacial score (nSPS) is 9.89. The second kappa shape index (κ2) is 15.0. The quantitative estimate of drug-likeness (QED) is 0.533. The fourth-order valence-corrected chi connectivity index (χ4v) is 1.39. The molecule has 0 amide bonds. The van der Waals surface area contributed by atoms with Crippen LogP contribution in [-0.4, -0.2) is 33.9 Å². The average Bonchev–Trinajstić information content (AvgIpc) is 2.30. The van der Waals surface area contributed by atoms with Gasteiger partial charge < -0.3 is 15.3 Å². The van der Waals surface area contributed by atoms with E-state index in [1.54, 1.807) is 0 Å². The van der Waals surface area contributed by atoms with Crippen LogP contribution >= 0.6 is 0 Å². The molecule has 0 radical (unpaired) electrons. The first-order valence-corrected chi connectivity index (χ1v) is 6.94. The van der Waals surface area contributed by atoms with E-state index in [1.807, 2.05) is 0 Å². The van der Waals surface area contributed by atoms with Crippen molar-refractivity contribution in [2.45, 2.75) is 65.2 Å². The highest BCUT2D eigenvalue weighted by Gasteiger charge is 1.99. The van der Waals surface area contributed by atoms with E-state index >= 15 is 0 Å². The predicted molar refractivity (Wildman–Crippen MR) is 74.1 cm³/mol. The Morgan fingerprint density at radius 2 is 1.32 bits per heavy atom. The van der Waals surface area contributed by atoms with Crippen LogP contribution in [0.15, 0.2) is 0 Å². The van der Waals surface area contributed by atoms with Gasteiger partial charge in [0.25, 0.3) is 0 Å². The molecule has 0 rings (SSSR count). The van der Waals surface area contributed by atoms with Crippen molar-refractivity contribution in [3.8, 4) is 0 Å². The molecule has 0 saturated carbocycles. The Morgan fingerprint density at radius 1 is 0.842 bits per heavy atom. The van der Waals surface area contributed by atoms with Crippen molar-refractivity contribution in [3.63, 3.8) is 0 Å². The summed E-state index contributed by atoms with van der Waals surface area (Å²) in [6.07, 6.45) is 5.77. The number of aliphatic carboxylic acids is 2. The molecular weight excluding hydrogens is 248 g/mol. The van der Waals surface area contributed by atoms with Crippen molar-refractivity contribution in [2.75, 3.05) is 6.61 Å². The van der Waals surface area contributed by atoms with Gasteiger partial charge in [-0.25, -0.2) is 0 Å². The minimum Gasteiger partial charge on any atom is -0.481 e. The third-order valence-corrected chi connectivity index (χ3v) is 2.47. The van der Waals surface area contributed by atoms with Gasteiger partial charge in [-0.15, -0.1) is 0 Å². The monoisotopic (exact) mass is 276 g/mol.